The summed E-state index contributed by atoms with van der Waals surface area (Å²) in [5.41, 5.74) is 1.20. The second kappa shape index (κ2) is 6.00. The third kappa shape index (κ3) is 3.09. The third-order valence-corrected chi connectivity index (χ3v) is 4.89. The van der Waals surface area contributed by atoms with E-state index >= 15 is 0 Å². The van der Waals surface area contributed by atoms with Crippen molar-refractivity contribution in [2.75, 3.05) is 17.6 Å². The van der Waals surface area contributed by atoms with Gasteiger partial charge in [-0.15, -0.1) is 0 Å². The summed E-state index contributed by atoms with van der Waals surface area (Å²) in [5.74, 6) is -1.08. The summed E-state index contributed by atoms with van der Waals surface area (Å²) >= 11 is 0. The lowest BCUT2D eigenvalue weighted by molar-refractivity contribution is 0.0697. The predicted octanol–water partition coefficient (Wildman–Crippen LogP) is 2.54. The van der Waals surface area contributed by atoms with Gasteiger partial charge in [-0.05, 0) is 24.6 Å². The molecule has 1 aromatic heterocycles. The van der Waals surface area contributed by atoms with Crippen LogP contribution in [0.5, 0.6) is 0 Å². The molecule has 0 amide bonds. The number of aromatic nitrogens is 1. The van der Waals surface area contributed by atoms with E-state index in [0.717, 1.165) is 40.9 Å². The molecule has 0 aliphatic heterocycles. The molecule has 0 spiro atoms. The summed E-state index contributed by atoms with van der Waals surface area (Å²) < 4.78 is 26.7. The molecule has 6 nitrogen and oxygen atoms in total. The molecule has 2 rings (SSSR count). The van der Waals surface area contributed by atoms with Crippen LogP contribution >= 0.6 is 0 Å². The first-order chi connectivity index (χ1) is 10.3. The number of unbranched alkanes of at least 4 members (excludes halogenated alkanes) is 1. The molecule has 0 saturated heterocycles. The lowest BCUT2D eigenvalue weighted by atomic mass is 10.1. The van der Waals surface area contributed by atoms with Gasteiger partial charge in [0, 0.05) is 25.2 Å². The Morgan fingerprint density at radius 1 is 1.36 bits per heavy atom. The molecule has 0 aliphatic carbocycles. The number of carboxylic acid groups (broad SMARTS) is 1. The minimum Gasteiger partial charge on any atom is -0.478 e. The topological polar surface area (TPSA) is 79.6 Å². The minimum atomic E-state index is -3.47. The van der Waals surface area contributed by atoms with Crippen molar-refractivity contribution in [3.63, 3.8) is 0 Å². The van der Waals surface area contributed by atoms with E-state index in [4.69, 9.17) is 0 Å². The normalized spacial score (nSPS) is 11.8. The largest absolute Gasteiger partial charge is 0.478 e. The molecule has 0 bridgehead atoms. The van der Waals surface area contributed by atoms with E-state index in [1.54, 1.807) is 6.07 Å². The highest BCUT2D eigenvalue weighted by Gasteiger charge is 2.19. The number of rotatable bonds is 6. The first-order valence-electron chi connectivity index (χ1n) is 7.05. The summed E-state index contributed by atoms with van der Waals surface area (Å²) in [5, 5.41) is 10.0. The summed E-state index contributed by atoms with van der Waals surface area (Å²) in [7, 11) is -2.04. The molecule has 1 heterocycles. The Morgan fingerprint density at radius 2 is 2.05 bits per heavy atom. The molecule has 22 heavy (non-hydrogen) atoms. The molecule has 1 aromatic carbocycles. The van der Waals surface area contributed by atoms with Crippen LogP contribution in [0.4, 0.5) is 5.69 Å². The van der Waals surface area contributed by atoms with E-state index in [1.807, 2.05) is 16.8 Å². The van der Waals surface area contributed by atoms with Crippen molar-refractivity contribution < 1.29 is 18.3 Å². The fraction of sp³-hybridized carbons (Fsp3) is 0.400. The highest BCUT2D eigenvalue weighted by Crippen LogP contribution is 2.30. The van der Waals surface area contributed by atoms with Crippen LogP contribution in [-0.4, -0.2) is 37.4 Å². The van der Waals surface area contributed by atoms with Crippen LogP contribution in [0.2, 0.25) is 0 Å². The highest BCUT2D eigenvalue weighted by molar-refractivity contribution is 7.92. The van der Waals surface area contributed by atoms with E-state index in [0.29, 0.717) is 5.69 Å². The molecule has 2 aromatic rings. The number of carbonyl (C=O) groups is 1. The number of fused-ring (bicyclic) bond motifs is 1. The monoisotopic (exact) mass is 324 g/mol. The first kappa shape index (κ1) is 16.4. The van der Waals surface area contributed by atoms with Crippen molar-refractivity contribution in [1.82, 2.24) is 4.57 Å². The number of carboxylic acids is 1. The zero-order chi connectivity index (χ0) is 16.5. The van der Waals surface area contributed by atoms with E-state index in [1.165, 1.54) is 13.1 Å². The summed E-state index contributed by atoms with van der Waals surface area (Å²) in [4.78, 5) is 11.3. The van der Waals surface area contributed by atoms with Crippen molar-refractivity contribution in [1.29, 1.82) is 0 Å². The standard InChI is InChI=1S/C15H20N2O4S/c1-4-5-7-17-8-6-12-13(16(2)22(3,20)21)9-11(15(18)19)10-14(12)17/h6,8-10H,4-5,7H2,1-3H3,(H,18,19). The van der Waals surface area contributed by atoms with Crippen LogP contribution in [0.3, 0.4) is 0 Å². The molecule has 0 aliphatic rings. The van der Waals surface area contributed by atoms with Crippen molar-refractivity contribution in [2.45, 2.75) is 26.3 Å². The maximum Gasteiger partial charge on any atom is 0.335 e. The molecular weight excluding hydrogens is 304 g/mol. The van der Waals surface area contributed by atoms with Gasteiger partial charge in [0.2, 0.25) is 10.0 Å². The first-order valence-corrected chi connectivity index (χ1v) is 8.90. The van der Waals surface area contributed by atoms with Gasteiger partial charge in [0.1, 0.15) is 0 Å². The molecule has 0 saturated carbocycles. The van der Waals surface area contributed by atoms with E-state index in [9.17, 15) is 18.3 Å². The lowest BCUT2D eigenvalue weighted by Crippen LogP contribution is -2.25. The van der Waals surface area contributed by atoms with E-state index in [-0.39, 0.29) is 5.56 Å². The molecule has 0 radical (unpaired) electrons. The Hall–Kier alpha value is -2.02. The van der Waals surface area contributed by atoms with E-state index < -0.39 is 16.0 Å². The van der Waals surface area contributed by atoms with Gasteiger partial charge in [0.05, 0.1) is 23.0 Å². The molecular formula is C15H20N2O4S. The Morgan fingerprint density at radius 3 is 2.59 bits per heavy atom. The molecule has 7 heteroatoms. The number of sulfonamides is 1. The van der Waals surface area contributed by atoms with Gasteiger partial charge in [0.15, 0.2) is 0 Å². The lowest BCUT2D eigenvalue weighted by Gasteiger charge is -2.18. The molecule has 0 unspecified atom stereocenters. The Kier molecular flexibility index (Phi) is 4.46. The van der Waals surface area contributed by atoms with E-state index in [2.05, 4.69) is 6.92 Å². The van der Waals surface area contributed by atoms with Gasteiger partial charge in [-0.25, -0.2) is 13.2 Å². The number of benzene rings is 1. The van der Waals surface area contributed by atoms with Gasteiger partial charge in [-0.3, -0.25) is 4.31 Å². The molecule has 0 fully saturated rings. The Balaban J connectivity index is 2.69. The quantitative estimate of drug-likeness (QED) is 0.885. The second-order valence-electron chi connectivity index (χ2n) is 5.33. The number of hydrogen-bond acceptors (Lipinski definition) is 3. The van der Waals surface area contributed by atoms with Gasteiger partial charge in [-0.1, -0.05) is 13.3 Å². The van der Waals surface area contributed by atoms with Crippen LogP contribution in [0.15, 0.2) is 24.4 Å². The average molecular weight is 324 g/mol. The van der Waals surface area contributed by atoms with Crippen LogP contribution in [0, 0.1) is 0 Å². The second-order valence-corrected chi connectivity index (χ2v) is 7.34. The highest BCUT2D eigenvalue weighted by atomic mass is 32.2. The summed E-state index contributed by atoms with van der Waals surface area (Å²) in [6, 6.07) is 4.82. The molecule has 1 N–H and O–H groups in total. The van der Waals surface area contributed by atoms with Crippen molar-refractivity contribution in [2.24, 2.45) is 0 Å². The van der Waals surface area contributed by atoms with Crippen molar-refractivity contribution in [3.05, 3.63) is 30.0 Å². The smallest absolute Gasteiger partial charge is 0.335 e. The predicted molar refractivity (Wildman–Crippen MR) is 87.1 cm³/mol. The Labute approximate surface area is 130 Å². The third-order valence-electron chi connectivity index (χ3n) is 3.70. The van der Waals surface area contributed by atoms with Crippen LogP contribution < -0.4 is 4.31 Å². The van der Waals surface area contributed by atoms with Crippen LogP contribution in [0.25, 0.3) is 10.9 Å². The van der Waals surface area contributed by atoms with Gasteiger partial charge < -0.3 is 9.67 Å². The molecule has 120 valence electrons. The zero-order valence-corrected chi connectivity index (χ0v) is 13.7. The zero-order valence-electron chi connectivity index (χ0n) is 12.9. The average Bonchev–Trinajstić information content (AvgIpc) is 2.85. The number of anilines is 1. The van der Waals surface area contributed by atoms with Gasteiger partial charge >= 0.3 is 5.97 Å². The van der Waals surface area contributed by atoms with Crippen LogP contribution in [0.1, 0.15) is 30.1 Å². The maximum absolute atomic E-state index is 11.8. The minimum absolute atomic E-state index is 0.0782. The number of aromatic carboxylic acids is 1. The Bertz CT molecular complexity index is 808. The maximum atomic E-state index is 11.8. The fourth-order valence-electron chi connectivity index (χ4n) is 2.36. The van der Waals surface area contributed by atoms with Gasteiger partial charge in [0.25, 0.3) is 0 Å². The summed E-state index contributed by atoms with van der Waals surface area (Å²) in [6.45, 7) is 2.85. The number of nitrogens with zero attached hydrogens (tertiary/aromatic N) is 2. The van der Waals surface area contributed by atoms with Gasteiger partial charge in [-0.2, -0.15) is 0 Å². The number of aryl methyl sites for hydroxylation is 1. The van der Waals surface area contributed by atoms with Crippen LogP contribution in [-0.2, 0) is 16.6 Å². The summed E-state index contributed by atoms with van der Waals surface area (Å²) in [6.07, 6.45) is 4.96. The fourth-order valence-corrected chi connectivity index (χ4v) is 2.87. The molecule has 0 atom stereocenters. The number of hydrogen-bond donors (Lipinski definition) is 1. The SMILES string of the molecule is CCCCn1ccc2c(N(C)S(C)(=O)=O)cc(C(=O)O)cc21. The van der Waals surface area contributed by atoms with Crippen molar-refractivity contribution in [3.8, 4) is 0 Å². The van der Waals surface area contributed by atoms with Crippen molar-refractivity contribution >= 4 is 32.6 Å².